The van der Waals surface area contributed by atoms with Crippen molar-refractivity contribution < 1.29 is 28.9 Å². The second-order valence-electron chi connectivity index (χ2n) is 10.8. The van der Waals surface area contributed by atoms with Crippen molar-refractivity contribution in [3.8, 4) is 5.75 Å². The number of carbonyl (C=O) groups excluding carboxylic acids is 2. The normalized spacial score (nSPS) is 21.6. The van der Waals surface area contributed by atoms with Gasteiger partial charge < -0.3 is 19.3 Å². The summed E-state index contributed by atoms with van der Waals surface area (Å²) in [7, 11) is 1.67. The number of benzene rings is 4. The Hall–Kier alpha value is -3.95. The first-order chi connectivity index (χ1) is 21.0. The van der Waals surface area contributed by atoms with E-state index in [9.17, 15) is 14.7 Å². The molecule has 2 amide bonds. The Kier molecular flexibility index (Phi) is 8.63. The molecule has 0 radical (unpaired) electrons. The van der Waals surface area contributed by atoms with Gasteiger partial charge in [-0.3, -0.25) is 14.5 Å². The third-order valence-corrected chi connectivity index (χ3v) is 9.21. The number of thioether (sulfide) groups is 1. The van der Waals surface area contributed by atoms with Crippen LogP contribution in [0.2, 0.25) is 0 Å². The van der Waals surface area contributed by atoms with Crippen LogP contribution in [0.4, 0.5) is 0 Å². The summed E-state index contributed by atoms with van der Waals surface area (Å²) in [4.78, 5) is 28.0. The highest BCUT2D eigenvalue weighted by Crippen LogP contribution is 2.43. The van der Waals surface area contributed by atoms with E-state index in [0.29, 0.717) is 16.9 Å². The molecule has 4 unspecified atom stereocenters. The molecule has 2 aliphatic rings. The van der Waals surface area contributed by atoms with Crippen molar-refractivity contribution in [1.29, 1.82) is 0 Å². The van der Waals surface area contributed by atoms with Crippen LogP contribution >= 0.6 is 11.8 Å². The largest absolute Gasteiger partial charge is 0.496 e. The second-order valence-corrected chi connectivity index (χ2v) is 11.8. The summed E-state index contributed by atoms with van der Waals surface area (Å²) in [5.41, 5.74) is 4.43. The molecule has 0 aromatic heterocycles. The van der Waals surface area contributed by atoms with Crippen LogP contribution in [0.3, 0.4) is 0 Å². The van der Waals surface area contributed by atoms with E-state index in [2.05, 4.69) is 6.92 Å². The molecule has 0 spiro atoms. The fourth-order valence-electron chi connectivity index (χ4n) is 5.57. The molecule has 4 aromatic rings. The number of amides is 2. The van der Waals surface area contributed by atoms with E-state index in [1.807, 2.05) is 72.8 Å². The highest BCUT2D eigenvalue weighted by molar-refractivity contribution is 7.99. The molecule has 220 valence electrons. The molecule has 2 aliphatic heterocycles. The van der Waals surface area contributed by atoms with Crippen LogP contribution in [0.15, 0.2) is 102 Å². The molecule has 1 saturated heterocycles. The summed E-state index contributed by atoms with van der Waals surface area (Å²) in [5.74, 6) is 1.02. The SMILES string of the molecule is COc1ccccc1SCC1OC(c2ccc(CN3C(=O)c4ccccc4C3=O)cc2)OC(c2ccc(CO)cc2)C1C. The number of para-hydroxylation sites is 1. The van der Waals surface area contributed by atoms with Crippen molar-refractivity contribution in [2.75, 3.05) is 12.9 Å². The minimum atomic E-state index is -0.615. The zero-order valence-corrected chi connectivity index (χ0v) is 24.8. The van der Waals surface area contributed by atoms with Crippen molar-refractivity contribution >= 4 is 23.6 Å². The number of hydrogen-bond donors (Lipinski definition) is 1. The lowest BCUT2D eigenvalue weighted by atomic mass is 9.91. The third kappa shape index (κ3) is 5.96. The molecule has 0 aliphatic carbocycles. The van der Waals surface area contributed by atoms with Crippen LogP contribution in [-0.4, -0.2) is 40.8 Å². The Bertz CT molecular complexity index is 1570. The van der Waals surface area contributed by atoms with E-state index >= 15 is 0 Å². The Morgan fingerprint density at radius 1 is 0.791 bits per heavy atom. The van der Waals surface area contributed by atoms with E-state index in [0.717, 1.165) is 32.9 Å². The third-order valence-electron chi connectivity index (χ3n) is 8.07. The molecule has 7 nitrogen and oxygen atoms in total. The number of rotatable bonds is 9. The maximum absolute atomic E-state index is 12.8. The van der Waals surface area contributed by atoms with Crippen molar-refractivity contribution in [1.82, 2.24) is 4.90 Å². The number of aliphatic hydroxyl groups is 1. The molecule has 43 heavy (non-hydrogen) atoms. The number of methoxy groups -OCH3 is 1. The highest BCUT2D eigenvalue weighted by Gasteiger charge is 2.39. The van der Waals surface area contributed by atoms with Crippen molar-refractivity contribution in [2.24, 2.45) is 5.92 Å². The minimum absolute atomic E-state index is 0.0155. The molecular weight excluding hydrogens is 562 g/mol. The average Bonchev–Trinajstić information content (AvgIpc) is 3.29. The van der Waals surface area contributed by atoms with Gasteiger partial charge in [0, 0.05) is 22.1 Å². The fourth-order valence-corrected chi connectivity index (χ4v) is 6.76. The van der Waals surface area contributed by atoms with Gasteiger partial charge in [-0.25, -0.2) is 0 Å². The average molecular weight is 596 g/mol. The van der Waals surface area contributed by atoms with E-state index in [1.54, 1.807) is 43.1 Å². The first-order valence-corrected chi connectivity index (χ1v) is 15.3. The monoisotopic (exact) mass is 595 g/mol. The van der Waals surface area contributed by atoms with Crippen LogP contribution in [-0.2, 0) is 22.6 Å². The molecule has 8 heteroatoms. The summed E-state index contributed by atoms with van der Waals surface area (Å²) in [6.45, 7) is 2.31. The number of fused-ring (bicyclic) bond motifs is 1. The number of imide groups is 1. The van der Waals surface area contributed by atoms with Gasteiger partial charge in [-0.05, 0) is 41.0 Å². The van der Waals surface area contributed by atoms with Gasteiger partial charge in [0.05, 0.1) is 43.6 Å². The Morgan fingerprint density at radius 3 is 2.05 bits per heavy atom. The van der Waals surface area contributed by atoms with Crippen LogP contribution < -0.4 is 4.74 Å². The van der Waals surface area contributed by atoms with Crippen LogP contribution in [0.25, 0.3) is 0 Å². The van der Waals surface area contributed by atoms with Crippen LogP contribution in [0.5, 0.6) is 5.75 Å². The number of nitrogens with zero attached hydrogens (tertiary/aromatic N) is 1. The molecule has 1 N–H and O–H groups in total. The first kappa shape index (κ1) is 29.1. The smallest absolute Gasteiger partial charge is 0.261 e. The minimum Gasteiger partial charge on any atom is -0.496 e. The fraction of sp³-hybridized carbons (Fsp3) is 0.257. The number of carbonyl (C=O) groups is 2. The van der Waals surface area contributed by atoms with Gasteiger partial charge in [-0.2, -0.15) is 0 Å². The molecule has 4 aromatic carbocycles. The molecule has 0 saturated carbocycles. The van der Waals surface area contributed by atoms with Gasteiger partial charge in [0.2, 0.25) is 0 Å². The van der Waals surface area contributed by atoms with Crippen molar-refractivity contribution in [3.05, 3.63) is 130 Å². The Morgan fingerprint density at radius 2 is 1.40 bits per heavy atom. The van der Waals surface area contributed by atoms with E-state index in [4.69, 9.17) is 14.2 Å². The number of ether oxygens (including phenoxy) is 3. The van der Waals surface area contributed by atoms with Gasteiger partial charge in [0.25, 0.3) is 11.8 Å². The topological polar surface area (TPSA) is 85.3 Å². The predicted octanol–water partition coefficient (Wildman–Crippen LogP) is 6.57. The lowest BCUT2D eigenvalue weighted by Gasteiger charge is -2.41. The second kappa shape index (κ2) is 12.7. The first-order valence-electron chi connectivity index (χ1n) is 14.3. The van der Waals surface area contributed by atoms with E-state index < -0.39 is 6.29 Å². The van der Waals surface area contributed by atoms with Gasteiger partial charge in [0.1, 0.15) is 5.75 Å². The number of aliphatic hydroxyl groups excluding tert-OH is 1. The zero-order chi connectivity index (χ0) is 29.9. The van der Waals surface area contributed by atoms with E-state index in [-0.39, 0.29) is 43.1 Å². The highest BCUT2D eigenvalue weighted by atomic mass is 32.2. The summed E-state index contributed by atoms with van der Waals surface area (Å²) in [6, 6.07) is 30.4. The lowest BCUT2D eigenvalue weighted by molar-refractivity contribution is -0.268. The lowest BCUT2D eigenvalue weighted by Crippen LogP contribution is -2.38. The molecular formula is C35H33NO6S. The molecule has 0 bridgehead atoms. The van der Waals surface area contributed by atoms with Gasteiger partial charge >= 0.3 is 0 Å². The summed E-state index contributed by atoms with van der Waals surface area (Å²) >= 11 is 1.69. The molecule has 6 rings (SSSR count). The number of hydrogen-bond acceptors (Lipinski definition) is 7. The molecule has 4 atom stereocenters. The zero-order valence-electron chi connectivity index (χ0n) is 24.0. The maximum Gasteiger partial charge on any atom is 0.261 e. The quantitative estimate of drug-likeness (QED) is 0.173. The van der Waals surface area contributed by atoms with Crippen LogP contribution in [0.1, 0.15) is 62.3 Å². The molecule has 2 heterocycles. The summed E-state index contributed by atoms with van der Waals surface area (Å²) < 4.78 is 18.7. The van der Waals surface area contributed by atoms with Gasteiger partial charge in [-0.1, -0.05) is 79.7 Å². The van der Waals surface area contributed by atoms with Gasteiger partial charge in [0.15, 0.2) is 6.29 Å². The Labute approximate surface area is 255 Å². The summed E-state index contributed by atoms with van der Waals surface area (Å²) in [6.07, 6.45) is -0.975. The van der Waals surface area contributed by atoms with Gasteiger partial charge in [-0.15, -0.1) is 11.8 Å². The predicted molar refractivity (Wildman–Crippen MR) is 164 cm³/mol. The standard InChI is InChI=1S/C35H33NO6S/c1-22-30(21-43-31-10-6-5-9-29(31)40-2)41-35(42-32(22)25-15-13-24(20-37)14-16-25)26-17-11-23(12-18-26)19-36-33(38)27-7-3-4-8-28(27)34(36)39/h3-18,22,30,32,35,37H,19-21H2,1-2H3. The van der Waals surface area contributed by atoms with Crippen molar-refractivity contribution in [3.63, 3.8) is 0 Å². The van der Waals surface area contributed by atoms with Crippen LogP contribution in [0, 0.1) is 5.92 Å². The maximum atomic E-state index is 12.8. The molecule has 1 fully saturated rings. The Balaban J connectivity index is 1.21. The van der Waals surface area contributed by atoms with E-state index in [1.165, 1.54) is 4.90 Å². The van der Waals surface area contributed by atoms with Crippen molar-refractivity contribution in [2.45, 2.75) is 43.5 Å². The summed E-state index contributed by atoms with van der Waals surface area (Å²) in [5, 5.41) is 9.53.